The molecule has 1 fully saturated rings. The second-order valence-corrected chi connectivity index (χ2v) is 6.41. The predicted molar refractivity (Wildman–Crippen MR) is 78.9 cm³/mol. The van der Waals surface area contributed by atoms with Gasteiger partial charge in [0.1, 0.15) is 5.65 Å². The van der Waals surface area contributed by atoms with E-state index in [1.165, 1.54) is 12.8 Å². The summed E-state index contributed by atoms with van der Waals surface area (Å²) in [5.74, 6) is 0.582. The number of hydrogen-bond donors (Lipinski definition) is 1. The van der Waals surface area contributed by atoms with E-state index in [1.54, 1.807) is 0 Å². The minimum Gasteiger partial charge on any atom is -0.347 e. The van der Waals surface area contributed by atoms with Crippen LogP contribution >= 0.6 is 0 Å². The molecule has 0 spiro atoms. The Hall–Kier alpha value is -1.84. The van der Waals surface area contributed by atoms with Gasteiger partial charge in [-0.1, -0.05) is 0 Å². The third-order valence-corrected chi connectivity index (χ3v) is 4.22. The summed E-state index contributed by atoms with van der Waals surface area (Å²) in [6, 6.07) is 3.87. The highest BCUT2D eigenvalue weighted by Gasteiger charge is 2.39. The molecule has 4 heteroatoms. The SMILES string of the molecule is Cc1cc(C)n2ccc(C(=O)NC(C)(C)C3CC3)c2n1. The highest BCUT2D eigenvalue weighted by Crippen LogP contribution is 2.39. The largest absolute Gasteiger partial charge is 0.347 e. The van der Waals surface area contributed by atoms with Crippen molar-refractivity contribution >= 4 is 11.6 Å². The molecule has 0 radical (unpaired) electrons. The summed E-state index contributed by atoms with van der Waals surface area (Å²) < 4.78 is 1.96. The van der Waals surface area contributed by atoms with Gasteiger partial charge in [0, 0.05) is 23.1 Å². The molecule has 1 aliphatic carbocycles. The summed E-state index contributed by atoms with van der Waals surface area (Å²) in [6.07, 6.45) is 4.33. The first kappa shape index (κ1) is 13.2. The molecule has 106 valence electrons. The van der Waals surface area contributed by atoms with E-state index in [1.807, 2.05) is 36.6 Å². The number of hydrogen-bond acceptors (Lipinski definition) is 2. The van der Waals surface area contributed by atoms with E-state index in [0.29, 0.717) is 11.5 Å². The Morgan fingerprint density at radius 3 is 2.75 bits per heavy atom. The van der Waals surface area contributed by atoms with Crippen LogP contribution in [-0.4, -0.2) is 20.8 Å². The highest BCUT2D eigenvalue weighted by molar-refractivity contribution is 6.00. The number of fused-ring (bicyclic) bond motifs is 1. The van der Waals surface area contributed by atoms with E-state index >= 15 is 0 Å². The number of nitrogens with one attached hydrogen (secondary N) is 1. The van der Waals surface area contributed by atoms with Crippen molar-refractivity contribution in [2.75, 3.05) is 0 Å². The van der Waals surface area contributed by atoms with Crippen molar-refractivity contribution in [2.45, 2.75) is 46.1 Å². The van der Waals surface area contributed by atoms with Crippen LogP contribution < -0.4 is 5.32 Å². The molecule has 3 rings (SSSR count). The average molecular weight is 271 g/mol. The smallest absolute Gasteiger partial charge is 0.255 e. The Labute approximate surface area is 119 Å². The zero-order chi connectivity index (χ0) is 14.5. The molecule has 2 aromatic rings. The van der Waals surface area contributed by atoms with Gasteiger partial charge in [-0.05, 0) is 58.6 Å². The Balaban J connectivity index is 1.95. The van der Waals surface area contributed by atoms with Gasteiger partial charge in [0.25, 0.3) is 5.91 Å². The average Bonchev–Trinajstić information content (AvgIpc) is 3.10. The summed E-state index contributed by atoms with van der Waals surface area (Å²) in [4.78, 5) is 17.0. The molecule has 0 saturated heterocycles. The van der Waals surface area contributed by atoms with Crippen LogP contribution in [0.1, 0.15) is 48.4 Å². The van der Waals surface area contributed by atoms with Crippen LogP contribution in [0, 0.1) is 19.8 Å². The summed E-state index contributed by atoms with van der Waals surface area (Å²) in [5.41, 5.74) is 3.29. The Bertz CT molecular complexity index is 680. The van der Waals surface area contributed by atoms with Gasteiger partial charge < -0.3 is 9.72 Å². The summed E-state index contributed by atoms with van der Waals surface area (Å²) in [6.45, 7) is 8.18. The number of rotatable bonds is 3. The molecular weight excluding hydrogens is 250 g/mol. The van der Waals surface area contributed by atoms with Gasteiger partial charge >= 0.3 is 0 Å². The lowest BCUT2D eigenvalue weighted by Crippen LogP contribution is -2.45. The molecule has 0 atom stereocenters. The monoisotopic (exact) mass is 271 g/mol. The maximum Gasteiger partial charge on any atom is 0.255 e. The van der Waals surface area contributed by atoms with Gasteiger partial charge in [0.15, 0.2) is 0 Å². The second kappa shape index (κ2) is 4.33. The van der Waals surface area contributed by atoms with Crippen molar-refractivity contribution in [1.29, 1.82) is 0 Å². The quantitative estimate of drug-likeness (QED) is 0.933. The summed E-state index contributed by atoms with van der Waals surface area (Å²) in [5, 5.41) is 3.16. The number of aromatic nitrogens is 2. The topological polar surface area (TPSA) is 46.4 Å². The Morgan fingerprint density at radius 1 is 1.40 bits per heavy atom. The molecule has 1 saturated carbocycles. The predicted octanol–water partition coefficient (Wildman–Crippen LogP) is 2.87. The van der Waals surface area contributed by atoms with Crippen molar-refractivity contribution in [3.05, 3.63) is 35.3 Å². The van der Waals surface area contributed by atoms with E-state index < -0.39 is 0 Å². The lowest BCUT2D eigenvalue weighted by atomic mass is 9.98. The first-order valence-electron chi connectivity index (χ1n) is 7.16. The van der Waals surface area contributed by atoms with E-state index in [9.17, 15) is 4.79 Å². The highest BCUT2D eigenvalue weighted by atomic mass is 16.1. The minimum absolute atomic E-state index is 0.0260. The zero-order valence-corrected chi connectivity index (χ0v) is 12.5. The van der Waals surface area contributed by atoms with Crippen LogP contribution in [0.4, 0.5) is 0 Å². The van der Waals surface area contributed by atoms with Crippen molar-refractivity contribution < 1.29 is 4.79 Å². The molecule has 20 heavy (non-hydrogen) atoms. The fourth-order valence-corrected chi connectivity index (χ4v) is 2.84. The maximum absolute atomic E-state index is 12.5. The van der Waals surface area contributed by atoms with Crippen LogP contribution in [0.3, 0.4) is 0 Å². The van der Waals surface area contributed by atoms with E-state index in [-0.39, 0.29) is 11.4 Å². The van der Waals surface area contributed by atoms with E-state index in [2.05, 4.69) is 24.1 Å². The molecule has 1 aliphatic rings. The van der Waals surface area contributed by atoms with Crippen molar-refractivity contribution in [2.24, 2.45) is 5.92 Å². The molecule has 2 aromatic heterocycles. The third kappa shape index (κ3) is 2.19. The molecule has 0 bridgehead atoms. The molecule has 4 nitrogen and oxygen atoms in total. The molecule has 0 aromatic carbocycles. The standard InChI is InChI=1S/C16H21N3O/c1-10-9-11(2)19-8-7-13(14(19)17-10)15(20)18-16(3,4)12-5-6-12/h7-9,12H,5-6H2,1-4H3,(H,18,20). The zero-order valence-electron chi connectivity index (χ0n) is 12.5. The van der Waals surface area contributed by atoms with Crippen LogP contribution in [0.2, 0.25) is 0 Å². The van der Waals surface area contributed by atoms with E-state index in [4.69, 9.17) is 0 Å². The first-order valence-corrected chi connectivity index (χ1v) is 7.16. The lowest BCUT2D eigenvalue weighted by molar-refractivity contribution is 0.0905. The Morgan fingerprint density at radius 2 is 2.10 bits per heavy atom. The van der Waals surface area contributed by atoms with Crippen LogP contribution in [0.5, 0.6) is 0 Å². The van der Waals surface area contributed by atoms with Gasteiger partial charge in [0.2, 0.25) is 0 Å². The van der Waals surface area contributed by atoms with Crippen LogP contribution in [-0.2, 0) is 0 Å². The summed E-state index contributed by atoms with van der Waals surface area (Å²) >= 11 is 0. The molecule has 0 aliphatic heterocycles. The number of nitrogens with zero attached hydrogens (tertiary/aromatic N) is 2. The number of carbonyl (C=O) groups excluding carboxylic acids is 1. The van der Waals surface area contributed by atoms with E-state index in [0.717, 1.165) is 17.0 Å². The van der Waals surface area contributed by atoms with Crippen LogP contribution in [0.25, 0.3) is 5.65 Å². The Kier molecular flexibility index (Phi) is 2.85. The fraction of sp³-hybridized carbons (Fsp3) is 0.500. The third-order valence-electron chi connectivity index (χ3n) is 4.22. The number of amides is 1. The fourth-order valence-electron chi connectivity index (χ4n) is 2.84. The molecule has 1 N–H and O–H groups in total. The van der Waals surface area contributed by atoms with Gasteiger partial charge in [-0.2, -0.15) is 0 Å². The first-order chi connectivity index (χ1) is 9.38. The molecule has 1 amide bonds. The number of aryl methyl sites for hydroxylation is 2. The summed E-state index contributed by atoms with van der Waals surface area (Å²) in [7, 11) is 0. The van der Waals surface area contributed by atoms with Crippen molar-refractivity contribution in [3.63, 3.8) is 0 Å². The maximum atomic E-state index is 12.5. The van der Waals surface area contributed by atoms with Gasteiger partial charge in [-0.25, -0.2) is 4.98 Å². The minimum atomic E-state index is -0.135. The molecular formula is C16H21N3O. The second-order valence-electron chi connectivity index (χ2n) is 6.41. The molecule has 0 unspecified atom stereocenters. The lowest BCUT2D eigenvalue weighted by Gasteiger charge is -2.25. The molecule has 2 heterocycles. The van der Waals surface area contributed by atoms with Gasteiger partial charge in [0.05, 0.1) is 5.56 Å². The van der Waals surface area contributed by atoms with Crippen LogP contribution in [0.15, 0.2) is 18.3 Å². The van der Waals surface area contributed by atoms with Gasteiger partial charge in [-0.3, -0.25) is 4.79 Å². The van der Waals surface area contributed by atoms with Crippen molar-refractivity contribution in [1.82, 2.24) is 14.7 Å². The van der Waals surface area contributed by atoms with Crippen molar-refractivity contribution in [3.8, 4) is 0 Å². The van der Waals surface area contributed by atoms with Gasteiger partial charge in [-0.15, -0.1) is 0 Å². The normalized spacial score (nSPS) is 15.6. The number of carbonyl (C=O) groups is 1.